The molecule has 1 saturated carbocycles. The van der Waals surface area contributed by atoms with Crippen LogP contribution in [0.2, 0.25) is 6.32 Å². The third kappa shape index (κ3) is 2.72. The second-order valence-electron chi connectivity index (χ2n) is 4.73. The first-order chi connectivity index (χ1) is 7.00. The number of carboxylic acid groups (broad SMARTS) is 1. The fourth-order valence-electron chi connectivity index (χ4n) is 2.24. The predicted molar refractivity (Wildman–Crippen MR) is 62.5 cm³/mol. The van der Waals surface area contributed by atoms with Crippen LogP contribution in [0.15, 0.2) is 0 Å². The van der Waals surface area contributed by atoms with Crippen LogP contribution in [-0.4, -0.2) is 30.5 Å². The van der Waals surface area contributed by atoms with Crippen LogP contribution in [0.1, 0.15) is 32.1 Å². The molecule has 5 N–H and O–H groups in total. The smallest absolute Gasteiger partial charge is 0.323 e. The molecule has 1 unspecified atom stereocenters. The molecule has 5 heteroatoms. The molecule has 86 valence electrons. The maximum absolute atomic E-state index is 11.2. The number of carbonyl (C=O) groups is 1. The van der Waals surface area contributed by atoms with E-state index in [1.165, 1.54) is 0 Å². The number of nitrogens with two attached hydrogens (primary N) is 2. The standard InChI is InChI=1S/C10H21BN2O2/c11-4-2-1-3-10(13,9(14)15)7-5-8(12)6-7/h7-8H,1-6,11-13H2,(H,14,15). The molecule has 0 aromatic heterocycles. The van der Waals surface area contributed by atoms with E-state index < -0.39 is 11.5 Å². The van der Waals surface area contributed by atoms with Crippen molar-refractivity contribution in [2.24, 2.45) is 17.4 Å². The van der Waals surface area contributed by atoms with Crippen LogP contribution in [0.4, 0.5) is 0 Å². The Morgan fingerprint density at radius 1 is 1.47 bits per heavy atom. The average molecular weight is 212 g/mol. The van der Waals surface area contributed by atoms with Crippen molar-refractivity contribution >= 4 is 13.8 Å². The van der Waals surface area contributed by atoms with Gasteiger partial charge in [-0.1, -0.05) is 19.2 Å². The van der Waals surface area contributed by atoms with Gasteiger partial charge in [0.25, 0.3) is 0 Å². The van der Waals surface area contributed by atoms with Crippen molar-refractivity contribution in [3.8, 4) is 0 Å². The summed E-state index contributed by atoms with van der Waals surface area (Å²) in [4.78, 5) is 11.2. The van der Waals surface area contributed by atoms with Gasteiger partial charge in [0.2, 0.25) is 0 Å². The van der Waals surface area contributed by atoms with E-state index in [0.29, 0.717) is 6.42 Å². The first-order valence-electron chi connectivity index (χ1n) is 5.78. The highest BCUT2D eigenvalue weighted by Crippen LogP contribution is 2.37. The van der Waals surface area contributed by atoms with Crippen LogP contribution >= 0.6 is 0 Å². The second-order valence-corrected chi connectivity index (χ2v) is 4.73. The largest absolute Gasteiger partial charge is 0.480 e. The van der Waals surface area contributed by atoms with Gasteiger partial charge in [0.15, 0.2) is 0 Å². The summed E-state index contributed by atoms with van der Waals surface area (Å²) < 4.78 is 0. The van der Waals surface area contributed by atoms with E-state index >= 15 is 0 Å². The molecule has 0 amide bonds. The first-order valence-corrected chi connectivity index (χ1v) is 5.78. The lowest BCUT2D eigenvalue weighted by molar-refractivity contribution is -0.147. The summed E-state index contributed by atoms with van der Waals surface area (Å²) in [6.45, 7) is 0. The number of aliphatic carboxylic acids is 1. The van der Waals surface area contributed by atoms with Crippen LogP contribution < -0.4 is 11.5 Å². The molecule has 0 aromatic rings. The Morgan fingerprint density at radius 2 is 2.07 bits per heavy atom. The van der Waals surface area contributed by atoms with Crippen molar-refractivity contribution in [2.75, 3.05) is 0 Å². The van der Waals surface area contributed by atoms with Crippen molar-refractivity contribution in [1.29, 1.82) is 0 Å². The van der Waals surface area contributed by atoms with E-state index in [1.54, 1.807) is 0 Å². The molecule has 4 nitrogen and oxygen atoms in total. The molecular formula is C10H21BN2O2. The monoisotopic (exact) mass is 212 g/mol. The van der Waals surface area contributed by atoms with Crippen molar-refractivity contribution in [1.82, 2.24) is 0 Å². The highest BCUT2D eigenvalue weighted by molar-refractivity contribution is 6.08. The Kier molecular flexibility index (Phi) is 4.17. The molecular weight excluding hydrogens is 191 g/mol. The van der Waals surface area contributed by atoms with E-state index in [-0.39, 0.29) is 12.0 Å². The Morgan fingerprint density at radius 3 is 2.47 bits per heavy atom. The molecule has 0 heterocycles. The van der Waals surface area contributed by atoms with Crippen LogP contribution in [-0.2, 0) is 4.79 Å². The van der Waals surface area contributed by atoms with Gasteiger partial charge in [0, 0.05) is 6.04 Å². The molecule has 0 spiro atoms. The maximum atomic E-state index is 11.2. The number of rotatable bonds is 6. The minimum absolute atomic E-state index is 0.0712. The number of unbranched alkanes of at least 4 members (excludes halogenated alkanes) is 1. The molecule has 0 radical (unpaired) electrons. The summed E-state index contributed by atoms with van der Waals surface area (Å²) in [5, 5.41) is 9.19. The molecule has 0 saturated heterocycles. The Bertz CT molecular complexity index is 231. The molecule has 1 aliphatic carbocycles. The molecule has 0 aliphatic heterocycles. The van der Waals surface area contributed by atoms with E-state index in [0.717, 1.165) is 32.0 Å². The quantitative estimate of drug-likeness (QED) is 0.417. The molecule has 0 bridgehead atoms. The minimum atomic E-state index is -1.04. The Hall–Kier alpha value is -0.545. The number of hydrogen-bond donors (Lipinski definition) is 3. The fraction of sp³-hybridized carbons (Fsp3) is 0.900. The van der Waals surface area contributed by atoms with Gasteiger partial charge in [0.1, 0.15) is 13.4 Å². The zero-order chi connectivity index (χ0) is 11.5. The molecule has 1 fully saturated rings. The third-order valence-corrected chi connectivity index (χ3v) is 3.50. The third-order valence-electron chi connectivity index (χ3n) is 3.50. The average Bonchev–Trinajstić information content (AvgIpc) is 2.13. The van der Waals surface area contributed by atoms with Gasteiger partial charge >= 0.3 is 5.97 Å². The van der Waals surface area contributed by atoms with Crippen LogP contribution in [0.3, 0.4) is 0 Å². The van der Waals surface area contributed by atoms with Gasteiger partial charge in [-0.25, -0.2) is 0 Å². The van der Waals surface area contributed by atoms with Gasteiger partial charge in [-0.05, 0) is 25.2 Å². The summed E-state index contributed by atoms with van der Waals surface area (Å²) in [6, 6.07) is 0.156. The minimum Gasteiger partial charge on any atom is -0.480 e. The Balaban J connectivity index is 2.50. The zero-order valence-corrected chi connectivity index (χ0v) is 9.41. The van der Waals surface area contributed by atoms with E-state index in [9.17, 15) is 9.90 Å². The first kappa shape index (κ1) is 12.5. The second kappa shape index (κ2) is 4.99. The van der Waals surface area contributed by atoms with Crippen molar-refractivity contribution < 1.29 is 9.90 Å². The summed E-state index contributed by atoms with van der Waals surface area (Å²) in [5.74, 6) is -0.794. The number of carboxylic acids is 1. The number of hydrogen-bond acceptors (Lipinski definition) is 3. The SMILES string of the molecule is BCCCCC(N)(C(=O)O)C1CC(N)C1. The maximum Gasteiger partial charge on any atom is 0.323 e. The summed E-state index contributed by atoms with van der Waals surface area (Å²) in [6.07, 6.45) is 5.12. The summed E-state index contributed by atoms with van der Waals surface area (Å²) in [7, 11) is 2.10. The fourth-order valence-corrected chi connectivity index (χ4v) is 2.24. The molecule has 1 aliphatic rings. The van der Waals surface area contributed by atoms with Crippen LogP contribution in [0.25, 0.3) is 0 Å². The predicted octanol–water partition coefficient (Wildman–Crippen LogP) is -0.272. The normalized spacial score (nSPS) is 29.2. The van der Waals surface area contributed by atoms with Crippen LogP contribution in [0.5, 0.6) is 0 Å². The summed E-state index contributed by atoms with van der Waals surface area (Å²) >= 11 is 0. The van der Waals surface area contributed by atoms with Gasteiger partial charge in [-0.2, -0.15) is 0 Å². The lowest BCUT2D eigenvalue weighted by atomic mass is 9.66. The van der Waals surface area contributed by atoms with Crippen LogP contribution in [0, 0.1) is 5.92 Å². The van der Waals surface area contributed by atoms with E-state index in [1.807, 2.05) is 0 Å². The van der Waals surface area contributed by atoms with Crippen molar-refractivity contribution in [3.63, 3.8) is 0 Å². The van der Waals surface area contributed by atoms with E-state index in [2.05, 4.69) is 7.85 Å². The highest BCUT2D eigenvalue weighted by Gasteiger charge is 2.47. The van der Waals surface area contributed by atoms with Gasteiger partial charge < -0.3 is 16.6 Å². The Labute approximate surface area is 91.8 Å². The van der Waals surface area contributed by atoms with Crippen molar-refractivity contribution in [2.45, 2.75) is 50.0 Å². The zero-order valence-electron chi connectivity index (χ0n) is 9.41. The summed E-state index contributed by atoms with van der Waals surface area (Å²) in [5.41, 5.74) is 10.6. The molecule has 15 heavy (non-hydrogen) atoms. The highest BCUT2D eigenvalue weighted by atomic mass is 16.4. The molecule has 1 atom stereocenters. The van der Waals surface area contributed by atoms with Gasteiger partial charge in [-0.3, -0.25) is 4.79 Å². The lowest BCUT2D eigenvalue weighted by Crippen LogP contribution is -2.60. The van der Waals surface area contributed by atoms with Crippen molar-refractivity contribution in [3.05, 3.63) is 0 Å². The van der Waals surface area contributed by atoms with E-state index in [4.69, 9.17) is 11.5 Å². The van der Waals surface area contributed by atoms with Gasteiger partial charge in [-0.15, -0.1) is 0 Å². The molecule has 0 aromatic carbocycles. The lowest BCUT2D eigenvalue weighted by Gasteiger charge is -2.43. The molecule has 1 rings (SSSR count). The van der Waals surface area contributed by atoms with Gasteiger partial charge in [0.05, 0.1) is 0 Å². The topological polar surface area (TPSA) is 89.3 Å².